The van der Waals surface area contributed by atoms with Gasteiger partial charge in [-0.15, -0.1) is 0 Å². The van der Waals surface area contributed by atoms with Crippen LogP contribution in [0.4, 0.5) is 0 Å². The molecule has 0 amide bonds. The molecule has 5 rings (SSSR count). The molecule has 4 nitrogen and oxygen atoms in total. The van der Waals surface area contributed by atoms with Crippen molar-refractivity contribution in [2.24, 2.45) is 0 Å². The molecule has 5 aromatic rings. The van der Waals surface area contributed by atoms with E-state index in [1.54, 1.807) is 22.8 Å². The number of halogens is 2. The first kappa shape index (κ1) is 23.9. The SMILES string of the molecule is Cc1cccc(-n2c(/C=C/c3ccc(OCc4ccc(Cl)c(Cl)c4)cc3)nc3ccccc3c2=O)c1. The summed E-state index contributed by atoms with van der Waals surface area (Å²) in [5, 5.41) is 1.61. The monoisotopic (exact) mass is 512 g/mol. The summed E-state index contributed by atoms with van der Waals surface area (Å²) >= 11 is 12.1. The number of hydrogen-bond acceptors (Lipinski definition) is 3. The molecule has 0 N–H and O–H groups in total. The molecular weight excluding hydrogens is 491 g/mol. The number of hydrogen-bond donors (Lipinski definition) is 0. The van der Waals surface area contributed by atoms with Crippen molar-refractivity contribution in [3.8, 4) is 11.4 Å². The Kier molecular flexibility index (Phi) is 6.90. The fourth-order valence-corrected chi connectivity index (χ4v) is 4.24. The average Bonchev–Trinajstić information content (AvgIpc) is 2.89. The third kappa shape index (κ3) is 5.20. The van der Waals surface area contributed by atoms with E-state index in [0.29, 0.717) is 33.4 Å². The molecule has 0 bridgehead atoms. The van der Waals surface area contributed by atoms with Gasteiger partial charge in [0.05, 0.1) is 26.6 Å². The van der Waals surface area contributed by atoms with E-state index in [1.807, 2.05) is 91.9 Å². The molecule has 0 fully saturated rings. The molecule has 0 saturated heterocycles. The molecular formula is C30H22Cl2N2O2. The van der Waals surface area contributed by atoms with Crippen LogP contribution >= 0.6 is 23.2 Å². The molecule has 1 aromatic heterocycles. The molecule has 6 heteroatoms. The Balaban J connectivity index is 1.42. The summed E-state index contributed by atoms with van der Waals surface area (Å²) in [6.07, 6.45) is 3.80. The van der Waals surface area contributed by atoms with E-state index < -0.39 is 0 Å². The predicted molar refractivity (Wildman–Crippen MR) is 148 cm³/mol. The highest BCUT2D eigenvalue weighted by Gasteiger charge is 2.11. The molecule has 0 radical (unpaired) electrons. The van der Waals surface area contributed by atoms with Crippen LogP contribution in [0.1, 0.15) is 22.5 Å². The fourth-order valence-electron chi connectivity index (χ4n) is 3.92. The molecule has 4 aromatic carbocycles. The Morgan fingerprint density at radius 1 is 0.861 bits per heavy atom. The number of aromatic nitrogens is 2. The highest BCUT2D eigenvalue weighted by Crippen LogP contribution is 2.24. The fraction of sp³-hybridized carbons (Fsp3) is 0.0667. The minimum absolute atomic E-state index is 0.100. The summed E-state index contributed by atoms with van der Waals surface area (Å²) < 4.78 is 7.53. The third-order valence-corrected chi connectivity index (χ3v) is 6.50. The van der Waals surface area contributed by atoms with Gasteiger partial charge in [-0.2, -0.15) is 0 Å². The van der Waals surface area contributed by atoms with Crippen molar-refractivity contribution < 1.29 is 4.74 Å². The van der Waals surface area contributed by atoms with Crippen LogP contribution in [-0.2, 0) is 6.61 Å². The molecule has 0 atom stereocenters. The molecule has 0 saturated carbocycles. The summed E-state index contributed by atoms with van der Waals surface area (Å²) in [6.45, 7) is 2.39. The van der Waals surface area contributed by atoms with Gasteiger partial charge < -0.3 is 4.74 Å². The average molecular weight is 513 g/mol. The van der Waals surface area contributed by atoms with Gasteiger partial charge in [0, 0.05) is 0 Å². The van der Waals surface area contributed by atoms with Gasteiger partial charge in [-0.25, -0.2) is 4.98 Å². The molecule has 36 heavy (non-hydrogen) atoms. The lowest BCUT2D eigenvalue weighted by molar-refractivity contribution is 0.306. The van der Waals surface area contributed by atoms with Gasteiger partial charge in [0.2, 0.25) is 0 Å². The molecule has 1 heterocycles. The van der Waals surface area contributed by atoms with Crippen molar-refractivity contribution >= 4 is 46.3 Å². The Labute approximate surface area is 219 Å². The van der Waals surface area contributed by atoms with E-state index in [9.17, 15) is 4.79 Å². The Bertz CT molecular complexity index is 1640. The van der Waals surface area contributed by atoms with Gasteiger partial charge in [0.15, 0.2) is 0 Å². The quantitative estimate of drug-likeness (QED) is 0.233. The number of para-hydroxylation sites is 1. The first-order chi connectivity index (χ1) is 17.5. The second-order valence-corrected chi connectivity index (χ2v) is 9.22. The van der Waals surface area contributed by atoms with Crippen LogP contribution in [0.2, 0.25) is 10.0 Å². The largest absolute Gasteiger partial charge is 0.489 e. The summed E-state index contributed by atoms with van der Waals surface area (Å²) in [7, 11) is 0. The van der Waals surface area contributed by atoms with Crippen LogP contribution in [0.25, 0.3) is 28.7 Å². The van der Waals surface area contributed by atoms with Gasteiger partial charge >= 0.3 is 0 Å². The summed E-state index contributed by atoms with van der Waals surface area (Å²) in [5.74, 6) is 1.29. The first-order valence-corrected chi connectivity index (χ1v) is 12.2. The van der Waals surface area contributed by atoms with E-state index in [2.05, 4.69) is 0 Å². The molecule has 0 unspecified atom stereocenters. The van der Waals surface area contributed by atoms with Crippen LogP contribution < -0.4 is 10.3 Å². The number of rotatable bonds is 6. The predicted octanol–water partition coefficient (Wildman–Crippen LogP) is 7.75. The van der Waals surface area contributed by atoms with Gasteiger partial charge in [-0.05, 0) is 78.2 Å². The minimum atomic E-state index is -0.100. The van der Waals surface area contributed by atoms with E-state index >= 15 is 0 Å². The van der Waals surface area contributed by atoms with Crippen molar-refractivity contribution in [1.29, 1.82) is 0 Å². The number of fused-ring (bicyclic) bond motifs is 1. The lowest BCUT2D eigenvalue weighted by Gasteiger charge is -2.12. The van der Waals surface area contributed by atoms with E-state index in [0.717, 1.165) is 28.1 Å². The van der Waals surface area contributed by atoms with Crippen molar-refractivity contribution in [1.82, 2.24) is 9.55 Å². The maximum Gasteiger partial charge on any atom is 0.266 e. The van der Waals surface area contributed by atoms with Crippen LogP contribution in [0.5, 0.6) is 5.75 Å². The standard InChI is InChI=1S/C30H22Cl2N2O2/c1-20-5-4-6-23(17-20)34-29(33-28-8-3-2-7-25(28)30(34)35)16-12-21-9-13-24(14-10-21)36-19-22-11-15-26(31)27(32)18-22/h2-18H,19H2,1H3/b16-12+. The van der Waals surface area contributed by atoms with Crippen molar-refractivity contribution in [2.45, 2.75) is 13.5 Å². The summed E-state index contributed by atoms with van der Waals surface area (Å²) in [6, 6.07) is 28.4. The van der Waals surface area contributed by atoms with Crippen LogP contribution in [0.15, 0.2) is 95.8 Å². The molecule has 0 aliphatic rings. The number of benzene rings is 4. The number of ether oxygens (including phenoxy) is 1. The molecule has 0 aliphatic carbocycles. The second kappa shape index (κ2) is 10.4. The van der Waals surface area contributed by atoms with Crippen LogP contribution in [0.3, 0.4) is 0 Å². The highest BCUT2D eigenvalue weighted by molar-refractivity contribution is 6.42. The van der Waals surface area contributed by atoms with Crippen molar-refractivity contribution in [3.63, 3.8) is 0 Å². The van der Waals surface area contributed by atoms with E-state index in [-0.39, 0.29) is 5.56 Å². The lowest BCUT2D eigenvalue weighted by atomic mass is 10.1. The zero-order valence-electron chi connectivity index (χ0n) is 19.5. The van der Waals surface area contributed by atoms with E-state index in [4.69, 9.17) is 32.9 Å². The molecule has 0 aliphatic heterocycles. The van der Waals surface area contributed by atoms with Gasteiger partial charge in [-0.3, -0.25) is 9.36 Å². The van der Waals surface area contributed by atoms with Crippen LogP contribution in [-0.4, -0.2) is 9.55 Å². The topological polar surface area (TPSA) is 44.1 Å². The number of aryl methyl sites for hydroxylation is 1. The van der Waals surface area contributed by atoms with E-state index in [1.165, 1.54) is 0 Å². The smallest absolute Gasteiger partial charge is 0.266 e. The highest BCUT2D eigenvalue weighted by atomic mass is 35.5. The third-order valence-electron chi connectivity index (χ3n) is 5.76. The van der Waals surface area contributed by atoms with Gasteiger partial charge in [0.1, 0.15) is 18.2 Å². The van der Waals surface area contributed by atoms with Gasteiger partial charge in [0.25, 0.3) is 5.56 Å². The maximum absolute atomic E-state index is 13.4. The Hall–Kier alpha value is -3.86. The normalized spacial score (nSPS) is 11.3. The Morgan fingerprint density at radius 3 is 2.44 bits per heavy atom. The number of nitrogens with zero attached hydrogens (tertiary/aromatic N) is 2. The lowest BCUT2D eigenvalue weighted by Crippen LogP contribution is -2.22. The summed E-state index contributed by atoms with van der Waals surface area (Å²) in [4.78, 5) is 18.2. The van der Waals surface area contributed by atoms with Gasteiger partial charge in [-0.1, -0.05) is 71.7 Å². The first-order valence-electron chi connectivity index (χ1n) is 11.4. The minimum Gasteiger partial charge on any atom is -0.489 e. The summed E-state index contributed by atoms with van der Waals surface area (Å²) in [5.41, 5.74) is 4.30. The Morgan fingerprint density at radius 2 is 1.67 bits per heavy atom. The maximum atomic E-state index is 13.4. The van der Waals surface area contributed by atoms with Crippen molar-refractivity contribution in [3.05, 3.63) is 134 Å². The van der Waals surface area contributed by atoms with Crippen molar-refractivity contribution in [2.75, 3.05) is 0 Å². The molecule has 0 spiro atoms. The zero-order valence-corrected chi connectivity index (χ0v) is 21.0. The zero-order chi connectivity index (χ0) is 25.1. The second-order valence-electron chi connectivity index (χ2n) is 8.41. The molecule has 178 valence electrons. The van der Waals surface area contributed by atoms with Crippen LogP contribution in [0, 0.1) is 6.92 Å².